The monoisotopic (exact) mass is 254 g/mol. The number of esters is 1. The molecule has 6 nitrogen and oxygen atoms in total. The standard InChI is InChI=1S/C12H18N2O4/c1-8-3-5-12(6-4-8)10(16)14(11(17)13-12)7-9(15)18-2/h8H,3-7H2,1-2H3,(H,13,17). The predicted octanol–water partition coefficient (Wildman–Crippen LogP) is 0.660. The third-order valence-corrected chi connectivity index (χ3v) is 3.89. The molecule has 2 fully saturated rings. The van der Waals surface area contributed by atoms with Crippen LogP contribution in [0.25, 0.3) is 0 Å². The fourth-order valence-electron chi connectivity index (χ4n) is 2.61. The molecule has 3 amide bonds. The highest BCUT2D eigenvalue weighted by molar-refractivity contribution is 6.08. The second kappa shape index (κ2) is 4.59. The lowest BCUT2D eigenvalue weighted by Crippen LogP contribution is -2.49. The van der Waals surface area contributed by atoms with E-state index in [1.165, 1.54) is 7.11 Å². The van der Waals surface area contributed by atoms with Crippen molar-refractivity contribution in [3.05, 3.63) is 0 Å². The van der Waals surface area contributed by atoms with Crippen molar-refractivity contribution in [1.29, 1.82) is 0 Å². The van der Waals surface area contributed by atoms with E-state index in [-0.39, 0.29) is 12.5 Å². The minimum atomic E-state index is -0.780. The lowest BCUT2D eigenvalue weighted by atomic mass is 9.77. The summed E-state index contributed by atoms with van der Waals surface area (Å²) in [6, 6.07) is -0.486. The minimum absolute atomic E-state index is 0.287. The van der Waals surface area contributed by atoms with Crippen LogP contribution >= 0.6 is 0 Å². The van der Waals surface area contributed by atoms with Crippen molar-refractivity contribution < 1.29 is 19.1 Å². The molecule has 1 N–H and O–H groups in total. The van der Waals surface area contributed by atoms with E-state index < -0.39 is 17.5 Å². The van der Waals surface area contributed by atoms with E-state index in [1.807, 2.05) is 0 Å². The molecule has 0 unspecified atom stereocenters. The molecule has 0 atom stereocenters. The van der Waals surface area contributed by atoms with Crippen molar-refractivity contribution >= 4 is 17.9 Å². The van der Waals surface area contributed by atoms with Gasteiger partial charge >= 0.3 is 12.0 Å². The zero-order valence-electron chi connectivity index (χ0n) is 10.7. The first-order valence-electron chi connectivity index (χ1n) is 6.19. The Morgan fingerprint density at radius 3 is 2.61 bits per heavy atom. The number of rotatable bonds is 2. The summed E-state index contributed by atoms with van der Waals surface area (Å²) < 4.78 is 4.49. The highest BCUT2D eigenvalue weighted by Crippen LogP contribution is 2.36. The Balaban J connectivity index is 2.11. The van der Waals surface area contributed by atoms with Crippen molar-refractivity contribution in [3.63, 3.8) is 0 Å². The van der Waals surface area contributed by atoms with E-state index in [9.17, 15) is 14.4 Å². The molecule has 1 aliphatic heterocycles. The number of methoxy groups -OCH3 is 1. The maximum atomic E-state index is 12.3. The molecule has 0 aromatic carbocycles. The molecule has 0 aromatic heterocycles. The van der Waals surface area contributed by atoms with Crippen LogP contribution in [-0.2, 0) is 14.3 Å². The molecule has 1 heterocycles. The predicted molar refractivity (Wildman–Crippen MR) is 62.6 cm³/mol. The normalized spacial score (nSPS) is 31.7. The summed E-state index contributed by atoms with van der Waals surface area (Å²) in [5.74, 6) is -0.292. The van der Waals surface area contributed by atoms with Gasteiger partial charge in [0.2, 0.25) is 0 Å². The van der Waals surface area contributed by atoms with Crippen LogP contribution in [0, 0.1) is 5.92 Å². The Bertz CT molecular complexity index is 386. The van der Waals surface area contributed by atoms with Crippen LogP contribution in [0.1, 0.15) is 32.6 Å². The van der Waals surface area contributed by atoms with Crippen molar-refractivity contribution in [3.8, 4) is 0 Å². The first kappa shape index (κ1) is 12.9. The van der Waals surface area contributed by atoms with Gasteiger partial charge in [-0.3, -0.25) is 14.5 Å². The molecule has 0 radical (unpaired) electrons. The largest absolute Gasteiger partial charge is 0.468 e. The number of nitrogens with one attached hydrogen (secondary N) is 1. The van der Waals surface area contributed by atoms with Crippen molar-refractivity contribution in [1.82, 2.24) is 10.2 Å². The fourth-order valence-corrected chi connectivity index (χ4v) is 2.61. The van der Waals surface area contributed by atoms with E-state index >= 15 is 0 Å². The highest BCUT2D eigenvalue weighted by atomic mass is 16.5. The third kappa shape index (κ3) is 2.07. The minimum Gasteiger partial charge on any atom is -0.468 e. The van der Waals surface area contributed by atoms with Crippen molar-refractivity contribution in [2.24, 2.45) is 5.92 Å². The summed E-state index contributed by atoms with van der Waals surface area (Å²) in [4.78, 5) is 36.2. The van der Waals surface area contributed by atoms with Crippen LogP contribution in [0.3, 0.4) is 0 Å². The second-order valence-corrected chi connectivity index (χ2v) is 5.16. The summed E-state index contributed by atoms with van der Waals surface area (Å²) in [6.45, 7) is 1.83. The van der Waals surface area contributed by atoms with Gasteiger partial charge in [0.25, 0.3) is 5.91 Å². The first-order valence-corrected chi connectivity index (χ1v) is 6.19. The Labute approximate surface area is 106 Å². The lowest BCUT2D eigenvalue weighted by molar-refractivity contribution is -0.145. The smallest absolute Gasteiger partial charge is 0.325 e. The molecule has 1 saturated heterocycles. The van der Waals surface area contributed by atoms with Crippen LogP contribution in [0.2, 0.25) is 0 Å². The van der Waals surface area contributed by atoms with E-state index in [1.54, 1.807) is 0 Å². The van der Waals surface area contributed by atoms with Gasteiger partial charge in [0.1, 0.15) is 12.1 Å². The van der Waals surface area contributed by atoms with Gasteiger partial charge in [-0.1, -0.05) is 6.92 Å². The number of ether oxygens (including phenoxy) is 1. The van der Waals surface area contributed by atoms with Gasteiger partial charge in [0.15, 0.2) is 0 Å². The van der Waals surface area contributed by atoms with Gasteiger partial charge in [0, 0.05) is 0 Å². The van der Waals surface area contributed by atoms with Crippen molar-refractivity contribution in [2.45, 2.75) is 38.1 Å². The molecular weight excluding hydrogens is 236 g/mol. The molecule has 0 bridgehead atoms. The second-order valence-electron chi connectivity index (χ2n) is 5.16. The lowest BCUT2D eigenvalue weighted by Gasteiger charge is -2.33. The van der Waals surface area contributed by atoms with Crippen LogP contribution < -0.4 is 5.32 Å². The van der Waals surface area contributed by atoms with Crippen LogP contribution in [0.5, 0.6) is 0 Å². The van der Waals surface area contributed by atoms with Crippen molar-refractivity contribution in [2.75, 3.05) is 13.7 Å². The van der Waals surface area contributed by atoms with Crippen LogP contribution in [0.15, 0.2) is 0 Å². The Kier molecular flexibility index (Phi) is 3.28. The van der Waals surface area contributed by atoms with E-state index in [0.29, 0.717) is 18.8 Å². The Hall–Kier alpha value is -1.59. The number of amides is 3. The molecular formula is C12H18N2O4. The zero-order chi connectivity index (χ0) is 13.3. The van der Waals surface area contributed by atoms with Gasteiger partial charge in [-0.2, -0.15) is 0 Å². The summed E-state index contributed by atoms with van der Waals surface area (Å²) >= 11 is 0. The molecule has 1 spiro atoms. The topological polar surface area (TPSA) is 75.7 Å². The van der Waals surface area contributed by atoms with E-state index in [2.05, 4.69) is 17.0 Å². The molecule has 2 rings (SSSR count). The summed E-state index contributed by atoms with van der Waals surface area (Å²) in [7, 11) is 1.23. The quantitative estimate of drug-likeness (QED) is 0.580. The molecule has 1 aliphatic carbocycles. The SMILES string of the molecule is COC(=O)CN1C(=O)NC2(CCC(C)CC2)C1=O. The fraction of sp³-hybridized carbons (Fsp3) is 0.750. The molecule has 100 valence electrons. The summed E-state index contributed by atoms with van der Waals surface area (Å²) in [5.41, 5.74) is -0.780. The maximum absolute atomic E-state index is 12.3. The van der Waals surface area contributed by atoms with E-state index in [4.69, 9.17) is 0 Å². The number of urea groups is 1. The molecule has 18 heavy (non-hydrogen) atoms. The number of carbonyl (C=O) groups is 3. The highest BCUT2D eigenvalue weighted by Gasteiger charge is 2.52. The van der Waals surface area contributed by atoms with Crippen LogP contribution in [-0.4, -0.2) is 42.0 Å². The van der Waals surface area contributed by atoms with Gasteiger partial charge < -0.3 is 10.1 Å². The average Bonchev–Trinajstić information content (AvgIpc) is 2.58. The number of carbonyl (C=O) groups excluding carboxylic acids is 3. The summed E-state index contributed by atoms with van der Waals surface area (Å²) in [5, 5.41) is 2.75. The van der Waals surface area contributed by atoms with Crippen LogP contribution in [0.4, 0.5) is 4.79 Å². The maximum Gasteiger partial charge on any atom is 0.325 e. The van der Waals surface area contributed by atoms with Gasteiger partial charge in [-0.05, 0) is 31.6 Å². The number of nitrogens with zero attached hydrogens (tertiary/aromatic N) is 1. The summed E-state index contributed by atoms with van der Waals surface area (Å²) in [6.07, 6.45) is 3.13. The number of imide groups is 1. The average molecular weight is 254 g/mol. The molecule has 6 heteroatoms. The molecule has 0 aromatic rings. The Morgan fingerprint density at radius 2 is 2.06 bits per heavy atom. The third-order valence-electron chi connectivity index (χ3n) is 3.89. The van der Waals surface area contributed by atoms with Gasteiger partial charge in [0.05, 0.1) is 7.11 Å². The number of hydrogen-bond donors (Lipinski definition) is 1. The number of hydrogen-bond acceptors (Lipinski definition) is 4. The van der Waals surface area contributed by atoms with E-state index in [0.717, 1.165) is 17.7 Å². The first-order chi connectivity index (χ1) is 8.48. The van der Waals surface area contributed by atoms with Gasteiger partial charge in [-0.25, -0.2) is 4.79 Å². The zero-order valence-corrected chi connectivity index (χ0v) is 10.7. The molecule has 1 saturated carbocycles. The Morgan fingerprint density at radius 1 is 1.44 bits per heavy atom. The van der Waals surface area contributed by atoms with Gasteiger partial charge in [-0.15, -0.1) is 0 Å². The molecule has 2 aliphatic rings.